The van der Waals surface area contributed by atoms with E-state index in [0.717, 1.165) is 5.56 Å². The van der Waals surface area contributed by atoms with Gasteiger partial charge in [-0.15, -0.1) is 0 Å². The number of hydrogen-bond donors (Lipinski definition) is 1. The van der Waals surface area contributed by atoms with Gasteiger partial charge in [0.1, 0.15) is 18.1 Å². The number of carbonyl (C=O) groups excluding carboxylic acids is 1. The average molecular weight is 333 g/mol. The molecule has 0 spiro atoms. The van der Waals surface area contributed by atoms with Crippen LogP contribution in [0.1, 0.15) is 25.8 Å². The fourth-order valence-electron chi connectivity index (χ4n) is 2.56. The number of ether oxygens (including phenoxy) is 2. The summed E-state index contributed by atoms with van der Waals surface area (Å²) >= 11 is 0. The lowest BCUT2D eigenvalue weighted by molar-refractivity contribution is -0.138. The highest BCUT2D eigenvalue weighted by atomic mass is 16.5. The monoisotopic (exact) mass is 333 g/mol. The van der Waals surface area contributed by atoms with Crippen LogP contribution in [0.3, 0.4) is 0 Å². The van der Waals surface area contributed by atoms with Gasteiger partial charge in [-0.25, -0.2) is 0 Å². The van der Waals surface area contributed by atoms with Gasteiger partial charge >= 0.3 is 5.97 Å². The highest BCUT2D eigenvalue weighted by Crippen LogP contribution is 2.30. The number of benzene rings is 1. The van der Waals surface area contributed by atoms with E-state index in [1.165, 1.54) is 0 Å². The molecule has 0 aromatic heterocycles. The lowest BCUT2D eigenvalue weighted by atomic mass is 10.1. The number of carboxylic acids is 1. The molecule has 0 bridgehead atoms. The van der Waals surface area contributed by atoms with Crippen molar-refractivity contribution in [1.29, 1.82) is 0 Å². The summed E-state index contributed by atoms with van der Waals surface area (Å²) in [4.78, 5) is 25.2. The Morgan fingerprint density at radius 3 is 2.75 bits per heavy atom. The zero-order valence-corrected chi connectivity index (χ0v) is 14.2. The molecule has 0 aliphatic carbocycles. The van der Waals surface area contributed by atoms with E-state index in [1.807, 2.05) is 26.0 Å². The van der Waals surface area contributed by atoms with Crippen molar-refractivity contribution in [1.82, 2.24) is 4.90 Å². The van der Waals surface area contributed by atoms with Crippen LogP contribution in [0.15, 0.2) is 23.8 Å². The molecule has 0 saturated heterocycles. The molecule has 1 N–H and O–H groups in total. The molecule has 0 atom stereocenters. The SMILES string of the molecule is COc1ccc2c(c1)C=C(C(=O)N(CCC(=O)O)CC(C)C)CO2. The van der Waals surface area contributed by atoms with Crippen molar-refractivity contribution in [3.8, 4) is 11.5 Å². The third kappa shape index (κ3) is 4.50. The van der Waals surface area contributed by atoms with Gasteiger partial charge < -0.3 is 19.5 Å². The standard InChI is InChI=1S/C18H23NO5/c1-12(2)10-19(7-6-17(20)21)18(22)14-8-13-9-15(23-3)4-5-16(13)24-11-14/h4-5,8-9,12H,6-7,10-11H2,1-3H3,(H,20,21). The Hall–Kier alpha value is -2.50. The summed E-state index contributed by atoms with van der Waals surface area (Å²) < 4.78 is 10.8. The number of amides is 1. The molecule has 1 aromatic carbocycles. The van der Waals surface area contributed by atoms with Gasteiger partial charge in [-0.2, -0.15) is 0 Å². The first-order valence-corrected chi connectivity index (χ1v) is 7.93. The second kappa shape index (κ2) is 7.86. The fraction of sp³-hybridized carbons (Fsp3) is 0.444. The maximum atomic E-state index is 12.8. The van der Waals surface area contributed by atoms with Crippen LogP contribution in [0.5, 0.6) is 11.5 Å². The molecular weight excluding hydrogens is 310 g/mol. The smallest absolute Gasteiger partial charge is 0.305 e. The Balaban J connectivity index is 2.21. The first-order valence-electron chi connectivity index (χ1n) is 7.93. The molecule has 1 heterocycles. The predicted molar refractivity (Wildman–Crippen MR) is 90.1 cm³/mol. The van der Waals surface area contributed by atoms with Crippen LogP contribution >= 0.6 is 0 Å². The minimum absolute atomic E-state index is 0.0724. The Morgan fingerprint density at radius 2 is 2.12 bits per heavy atom. The summed E-state index contributed by atoms with van der Waals surface area (Å²) in [6, 6.07) is 5.42. The zero-order valence-electron chi connectivity index (χ0n) is 14.2. The fourth-order valence-corrected chi connectivity index (χ4v) is 2.56. The molecular formula is C18H23NO5. The zero-order chi connectivity index (χ0) is 17.7. The van der Waals surface area contributed by atoms with Crippen molar-refractivity contribution in [2.45, 2.75) is 20.3 Å². The van der Waals surface area contributed by atoms with Crippen LogP contribution in [0.25, 0.3) is 6.08 Å². The second-order valence-corrected chi connectivity index (χ2v) is 6.15. The molecule has 24 heavy (non-hydrogen) atoms. The second-order valence-electron chi connectivity index (χ2n) is 6.15. The van der Waals surface area contributed by atoms with Crippen molar-refractivity contribution in [3.05, 3.63) is 29.3 Å². The first kappa shape index (κ1) is 17.8. The maximum Gasteiger partial charge on any atom is 0.305 e. The topological polar surface area (TPSA) is 76.1 Å². The van der Waals surface area contributed by atoms with Crippen molar-refractivity contribution in [3.63, 3.8) is 0 Å². The van der Waals surface area contributed by atoms with Gasteiger partial charge in [0.25, 0.3) is 5.91 Å². The number of rotatable bonds is 7. The summed E-state index contributed by atoms with van der Waals surface area (Å²) in [6.07, 6.45) is 1.72. The van der Waals surface area contributed by atoms with Gasteiger partial charge in [-0.3, -0.25) is 9.59 Å². The van der Waals surface area contributed by atoms with E-state index >= 15 is 0 Å². The summed E-state index contributed by atoms with van der Waals surface area (Å²) in [5.41, 5.74) is 1.30. The van der Waals surface area contributed by atoms with Crippen LogP contribution in [0.2, 0.25) is 0 Å². The largest absolute Gasteiger partial charge is 0.497 e. The lowest BCUT2D eigenvalue weighted by Crippen LogP contribution is -2.38. The van der Waals surface area contributed by atoms with Gasteiger partial charge in [0.2, 0.25) is 0 Å². The Morgan fingerprint density at radius 1 is 1.38 bits per heavy atom. The lowest BCUT2D eigenvalue weighted by Gasteiger charge is -2.27. The van der Waals surface area contributed by atoms with Crippen molar-refractivity contribution in [2.75, 3.05) is 26.8 Å². The Labute approximate surface area is 141 Å². The van der Waals surface area contributed by atoms with E-state index < -0.39 is 5.97 Å². The summed E-state index contributed by atoms with van der Waals surface area (Å²) in [5, 5.41) is 8.89. The predicted octanol–water partition coefficient (Wildman–Crippen LogP) is 2.43. The molecule has 2 rings (SSSR count). The molecule has 1 amide bonds. The third-order valence-corrected chi connectivity index (χ3v) is 3.67. The van der Waals surface area contributed by atoms with Crippen LogP contribution in [-0.4, -0.2) is 48.7 Å². The van der Waals surface area contributed by atoms with E-state index in [1.54, 1.807) is 24.2 Å². The van der Waals surface area contributed by atoms with Crippen molar-refractivity contribution >= 4 is 18.0 Å². The number of aliphatic carboxylic acids is 1. The molecule has 0 unspecified atom stereocenters. The Kier molecular flexibility index (Phi) is 5.84. The van der Waals surface area contributed by atoms with Crippen LogP contribution < -0.4 is 9.47 Å². The van der Waals surface area contributed by atoms with E-state index in [-0.39, 0.29) is 31.4 Å². The van der Waals surface area contributed by atoms with Crippen LogP contribution in [0.4, 0.5) is 0 Å². The normalized spacial score (nSPS) is 12.9. The van der Waals surface area contributed by atoms with E-state index in [0.29, 0.717) is 23.6 Å². The van der Waals surface area contributed by atoms with E-state index in [9.17, 15) is 9.59 Å². The Bertz CT molecular complexity index is 651. The van der Waals surface area contributed by atoms with Gasteiger partial charge in [-0.1, -0.05) is 13.8 Å². The molecule has 0 fully saturated rings. The number of carbonyl (C=O) groups is 2. The minimum Gasteiger partial charge on any atom is -0.497 e. The number of fused-ring (bicyclic) bond motifs is 1. The third-order valence-electron chi connectivity index (χ3n) is 3.67. The van der Waals surface area contributed by atoms with Crippen molar-refractivity contribution in [2.24, 2.45) is 5.92 Å². The number of methoxy groups -OCH3 is 1. The van der Waals surface area contributed by atoms with Gasteiger partial charge in [0, 0.05) is 18.7 Å². The van der Waals surface area contributed by atoms with Crippen LogP contribution in [0, 0.1) is 5.92 Å². The molecule has 1 aliphatic heterocycles. The average Bonchev–Trinajstić information content (AvgIpc) is 2.56. The number of carboxylic acid groups (broad SMARTS) is 1. The molecule has 1 aliphatic rings. The van der Waals surface area contributed by atoms with Gasteiger partial charge in [0.05, 0.1) is 19.1 Å². The number of nitrogens with zero attached hydrogens (tertiary/aromatic N) is 1. The van der Waals surface area contributed by atoms with E-state index in [4.69, 9.17) is 14.6 Å². The molecule has 0 saturated carbocycles. The molecule has 1 aromatic rings. The van der Waals surface area contributed by atoms with Crippen LogP contribution in [-0.2, 0) is 9.59 Å². The summed E-state index contributed by atoms with van der Waals surface area (Å²) in [7, 11) is 1.58. The molecule has 6 nitrogen and oxygen atoms in total. The van der Waals surface area contributed by atoms with E-state index in [2.05, 4.69) is 0 Å². The quantitative estimate of drug-likeness (QED) is 0.829. The molecule has 6 heteroatoms. The maximum absolute atomic E-state index is 12.8. The van der Waals surface area contributed by atoms with Gasteiger partial charge in [-0.05, 0) is 30.2 Å². The highest BCUT2D eigenvalue weighted by Gasteiger charge is 2.23. The highest BCUT2D eigenvalue weighted by molar-refractivity contribution is 5.99. The molecule has 0 radical (unpaired) electrons. The summed E-state index contributed by atoms with van der Waals surface area (Å²) in [6.45, 7) is 4.86. The molecule has 130 valence electrons. The van der Waals surface area contributed by atoms with Gasteiger partial charge in [0.15, 0.2) is 0 Å². The minimum atomic E-state index is -0.916. The summed E-state index contributed by atoms with van der Waals surface area (Å²) in [5.74, 6) is 0.541. The first-order chi connectivity index (χ1) is 11.4. The number of hydrogen-bond acceptors (Lipinski definition) is 4. The van der Waals surface area contributed by atoms with Crippen molar-refractivity contribution < 1.29 is 24.2 Å².